The molecule has 0 heterocycles. The molecular weight excluding hydrogens is 689 g/mol. The lowest BCUT2D eigenvalue weighted by molar-refractivity contribution is 0.0844. The monoisotopic (exact) mass is 732 g/mol. The topological polar surface area (TPSA) is 86.7 Å². The highest BCUT2D eigenvalue weighted by molar-refractivity contribution is 7.91. The van der Waals surface area contributed by atoms with Gasteiger partial charge in [0.25, 0.3) is 0 Å². The zero-order chi connectivity index (χ0) is 37.3. The maximum absolute atomic E-state index is 13.4. The predicted octanol–water partition coefficient (Wildman–Crippen LogP) is 11.0. The van der Waals surface area contributed by atoms with Gasteiger partial charge in [0.1, 0.15) is 22.8 Å². The van der Waals surface area contributed by atoms with Gasteiger partial charge in [0.05, 0.1) is 19.6 Å². The molecular formula is C44H44O6S2. The first-order valence-corrected chi connectivity index (χ1v) is 20.4. The fourth-order valence-corrected chi connectivity index (χ4v) is 8.60. The van der Waals surface area contributed by atoms with Crippen molar-refractivity contribution in [3.63, 3.8) is 0 Å². The highest BCUT2D eigenvalue weighted by Crippen LogP contribution is 2.40. The van der Waals surface area contributed by atoms with Crippen molar-refractivity contribution < 1.29 is 26.3 Å². The molecule has 0 saturated carbocycles. The van der Waals surface area contributed by atoms with Crippen molar-refractivity contribution in [2.75, 3.05) is 0 Å². The Morgan fingerprint density at radius 1 is 0.500 bits per heavy atom. The molecule has 0 radical (unpaired) electrons. The van der Waals surface area contributed by atoms with Gasteiger partial charge in [-0.1, -0.05) is 93.9 Å². The minimum absolute atomic E-state index is 0.0343. The van der Waals surface area contributed by atoms with E-state index in [2.05, 4.69) is 20.8 Å². The van der Waals surface area contributed by atoms with Crippen molar-refractivity contribution in [1.29, 1.82) is 0 Å². The van der Waals surface area contributed by atoms with Gasteiger partial charge in [-0.3, -0.25) is 0 Å². The van der Waals surface area contributed by atoms with Crippen LogP contribution in [0.5, 0.6) is 17.2 Å². The van der Waals surface area contributed by atoms with Gasteiger partial charge < -0.3 is 9.47 Å². The molecule has 6 aromatic rings. The molecule has 0 amide bonds. The van der Waals surface area contributed by atoms with Crippen molar-refractivity contribution in [3.8, 4) is 17.2 Å². The largest absolute Gasteiger partial charge is 0.482 e. The van der Waals surface area contributed by atoms with Gasteiger partial charge in [-0.05, 0) is 116 Å². The standard InChI is InChI=1S/C44H44O6S2/c1-7-43(4,5)32-15-23-36(24-16-32)52(47,48)38-27-19-34(20-28-38)49-41-29-30-42(40-12-10-9-11-39(40)41)50-44(6,8-2)33-17-25-37(26-18-33)51(45,46)35-21-13-31(3)14-22-35/h9-30H,7-8H2,1-6H3. The van der Waals surface area contributed by atoms with E-state index in [0.717, 1.165) is 33.9 Å². The number of fused-ring (bicyclic) bond motifs is 1. The van der Waals surface area contributed by atoms with E-state index in [0.29, 0.717) is 23.7 Å². The van der Waals surface area contributed by atoms with Crippen LogP contribution < -0.4 is 9.47 Å². The average molecular weight is 733 g/mol. The Balaban J connectivity index is 1.22. The van der Waals surface area contributed by atoms with Crippen LogP contribution in [-0.4, -0.2) is 16.8 Å². The molecule has 6 rings (SSSR count). The molecule has 0 saturated heterocycles. The lowest BCUT2D eigenvalue weighted by Gasteiger charge is -2.31. The Morgan fingerprint density at radius 3 is 1.40 bits per heavy atom. The van der Waals surface area contributed by atoms with Gasteiger partial charge in [-0.25, -0.2) is 16.8 Å². The van der Waals surface area contributed by atoms with Gasteiger partial charge in [-0.2, -0.15) is 0 Å². The van der Waals surface area contributed by atoms with Crippen LogP contribution in [0.15, 0.2) is 153 Å². The summed E-state index contributed by atoms with van der Waals surface area (Å²) in [7, 11) is -7.36. The van der Waals surface area contributed by atoms with Crippen LogP contribution in [0, 0.1) is 6.92 Å². The minimum atomic E-state index is -3.71. The quantitative estimate of drug-likeness (QED) is 0.124. The Hall–Kier alpha value is -4.92. The summed E-state index contributed by atoms with van der Waals surface area (Å²) in [5.74, 6) is 1.74. The molecule has 6 nitrogen and oxygen atoms in total. The minimum Gasteiger partial charge on any atom is -0.482 e. The normalized spacial score (nSPS) is 13.4. The smallest absolute Gasteiger partial charge is 0.206 e. The third-order valence-electron chi connectivity index (χ3n) is 10.2. The molecule has 268 valence electrons. The Morgan fingerprint density at radius 2 is 0.923 bits per heavy atom. The van der Waals surface area contributed by atoms with Crippen molar-refractivity contribution in [2.45, 2.75) is 85.0 Å². The van der Waals surface area contributed by atoms with Crippen LogP contribution in [-0.2, 0) is 30.7 Å². The highest BCUT2D eigenvalue weighted by atomic mass is 32.2. The average Bonchev–Trinajstić information content (AvgIpc) is 3.16. The van der Waals surface area contributed by atoms with Gasteiger partial charge in [-0.15, -0.1) is 0 Å². The molecule has 0 aliphatic rings. The summed E-state index contributed by atoms with van der Waals surface area (Å²) in [5, 5.41) is 1.66. The van der Waals surface area contributed by atoms with Crippen molar-refractivity contribution in [2.24, 2.45) is 0 Å². The van der Waals surface area contributed by atoms with Crippen LogP contribution in [0.25, 0.3) is 10.8 Å². The molecule has 8 heteroatoms. The number of sulfone groups is 2. The van der Waals surface area contributed by atoms with Crippen molar-refractivity contribution in [1.82, 2.24) is 0 Å². The lowest BCUT2D eigenvalue weighted by atomic mass is 9.82. The van der Waals surface area contributed by atoms with E-state index < -0.39 is 25.3 Å². The van der Waals surface area contributed by atoms with Crippen LogP contribution >= 0.6 is 0 Å². The second kappa shape index (κ2) is 14.2. The Kier molecular flexibility index (Phi) is 10.1. The van der Waals surface area contributed by atoms with E-state index in [1.807, 2.05) is 81.4 Å². The van der Waals surface area contributed by atoms with Crippen molar-refractivity contribution in [3.05, 3.63) is 150 Å². The number of benzene rings is 6. The molecule has 0 bridgehead atoms. The van der Waals surface area contributed by atoms with E-state index in [-0.39, 0.29) is 25.0 Å². The number of ether oxygens (including phenoxy) is 2. The van der Waals surface area contributed by atoms with Crippen LogP contribution in [0.2, 0.25) is 0 Å². The molecule has 0 fully saturated rings. The third-order valence-corrected chi connectivity index (χ3v) is 13.7. The van der Waals surface area contributed by atoms with Crippen molar-refractivity contribution >= 4 is 30.4 Å². The van der Waals surface area contributed by atoms with E-state index in [4.69, 9.17) is 9.47 Å². The summed E-state index contributed by atoms with van der Waals surface area (Å²) >= 11 is 0. The molecule has 0 aliphatic carbocycles. The number of aryl methyl sites for hydroxylation is 1. The maximum atomic E-state index is 13.4. The molecule has 0 aliphatic heterocycles. The number of hydrogen-bond acceptors (Lipinski definition) is 6. The summed E-state index contributed by atoms with van der Waals surface area (Å²) < 4.78 is 66.5. The molecule has 1 unspecified atom stereocenters. The van der Waals surface area contributed by atoms with Gasteiger partial charge in [0.15, 0.2) is 0 Å². The first-order chi connectivity index (χ1) is 24.7. The number of rotatable bonds is 12. The summed E-state index contributed by atoms with van der Waals surface area (Å²) in [6.45, 7) is 12.4. The van der Waals surface area contributed by atoms with E-state index in [1.165, 1.54) is 0 Å². The summed E-state index contributed by atoms with van der Waals surface area (Å²) in [4.78, 5) is 0.921. The lowest BCUT2D eigenvalue weighted by Crippen LogP contribution is -2.28. The van der Waals surface area contributed by atoms with Crippen LogP contribution in [0.1, 0.15) is 64.2 Å². The first kappa shape index (κ1) is 36.9. The second-order valence-electron chi connectivity index (χ2n) is 14.0. The summed E-state index contributed by atoms with van der Waals surface area (Å²) in [6.07, 6.45) is 1.57. The second-order valence-corrected chi connectivity index (χ2v) is 17.9. The van der Waals surface area contributed by atoms with Gasteiger partial charge in [0.2, 0.25) is 19.7 Å². The van der Waals surface area contributed by atoms with Crippen LogP contribution in [0.4, 0.5) is 0 Å². The Labute approximate surface area is 307 Å². The zero-order valence-corrected chi connectivity index (χ0v) is 32.0. The Bertz CT molecular complexity index is 2420. The SMILES string of the molecule is CCC(C)(C)c1ccc(S(=O)(=O)c2ccc(Oc3ccc(OC(C)(CC)c4ccc(S(=O)(=O)c5ccc(C)cc5)cc4)c4ccccc34)cc2)cc1. The zero-order valence-electron chi connectivity index (χ0n) is 30.4. The summed E-state index contributed by atoms with van der Waals surface area (Å²) in [6, 6.07) is 38.8. The van der Waals surface area contributed by atoms with E-state index in [1.54, 1.807) is 72.8 Å². The summed E-state index contributed by atoms with van der Waals surface area (Å²) in [5.41, 5.74) is 2.14. The molecule has 1 atom stereocenters. The third kappa shape index (κ3) is 7.23. The van der Waals surface area contributed by atoms with E-state index in [9.17, 15) is 16.8 Å². The highest BCUT2D eigenvalue weighted by Gasteiger charge is 2.29. The number of hydrogen-bond donors (Lipinski definition) is 0. The molecule has 52 heavy (non-hydrogen) atoms. The van der Waals surface area contributed by atoms with Crippen LogP contribution in [0.3, 0.4) is 0 Å². The van der Waals surface area contributed by atoms with Gasteiger partial charge in [0, 0.05) is 10.8 Å². The first-order valence-electron chi connectivity index (χ1n) is 17.4. The predicted molar refractivity (Wildman–Crippen MR) is 207 cm³/mol. The van der Waals surface area contributed by atoms with Gasteiger partial charge >= 0.3 is 0 Å². The molecule has 0 spiro atoms. The van der Waals surface area contributed by atoms with E-state index >= 15 is 0 Å². The fourth-order valence-electron chi connectivity index (χ4n) is 6.08. The molecule has 6 aromatic carbocycles. The fraction of sp³-hybridized carbons (Fsp3) is 0.227. The molecule has 0 aromatic heterocycles. The molecule has 0 N–H and O–H groups in total. The maximum Gasteiger partial charge on any atom is 0.206 e.